The van der Waals surface area contributed by atoms with Crippen molar-refractivity contribution in [2.24, 2.45) is 5.73 Å². The van der Waals surface area contributed by atoms with Crippen LogP contribution in [0.2, 0.25) is 0 Å². The molecule has 1 aromatic carbocycles. The van der Waals surface area contributed by atoms with Gasteiger partial charge in [0, 0.05) is 0 Å². The second-order valence-corrected chi connectivity index (χ2v) is 5.36. The van der Waals surface area contributed by atoms with Gasteiger partial charge in [-0.25, -0.2) is 0 Å². The number of carbonyl (C=O) groups is 1. The van der Waals surface area contributed by atoms with Crippen molar-refractivity contribution in [1.29, 1.82) is 0 Å². The lowest BCUT2D eigenvalue weighted by atomic mass is 9.92. The van der Waals surface area contributed by atoms with Crippen molar-refractivity contribution in [3.63, 3.8) is 0 Å². The molecule has 4 nitrogen and oxygen atoms in total. The van der Waals surface area contributed by atoms with Crippen molar-refractivity contribution in [1.82, 2.24) is 5.32 Å². The molecule has 3 N–H and O–H groups in total. The number of fused-ring (bicyclic) bond motifs is 1. The molecule has 0 saturated carbocycles. The molecule has 0 heterocycles. The van der Waals surface area contributed by atoms with Gasteiger partial charge in [0.25, 0.3) is 0 Å². The summed E-state index contributed by atoms with van der Waals surface area (Å²) in [7, 11) is 0. The number of hydrogen-bond acceptors (Lipinski definition) is 3. The second kappa shape index (κ2) is 7.29. The van der Waals surface area contributed by atoms with Crippen LogP contribution in [0.1, 0.15) is 37.3 Å². The molecule has 0 aliphatic heterocycles. The number of nitrogens with one attached hydrogen (secondary N) is 1. The summed E-state index contributed by atoms with van der Waals surface area (Å²) in [6.07, 6.45) is 5.77. The lowest BCUT2D eigenvalue weighted by Gasteiger charge is -2.19. The highest BCUT2D eigenvalue weighted by atomic mass is 16.5. The van der Waals surface area contributed by atoms with E-state index in [0.29, 0.717) is 0 Å². The fourth-order valence-corrected chi connectivity index (χ4v) is 2.54. The van der Waals surface area contributed by atoms with Gasteiger partial charge in [-0.05, 0) is 61.9 Å². The van der Waals surface area contributed by atoms with E-state index in [4.69, 9.17) is 10.5 Å². The topological polar surface area (TPSA) is 64.3 Å². The Bertz CT molecular complexity index is 460. The fourth-order valence-electron chi connectivity index (χ4n) is 2.54. The van der Waals surface area contributed by atoms with Gasteiger partial charge in [-0.2, -0.15) is 0 Å². The third-order valence-electron chi connectivity index (χ3n) is 3.72. The molecule has 0 bridgehead atoms. The molecule has 110 valence electrons. The first-order chi connectivity index (χ1) is 9.70. The molecule has 1 unspecified atom stereocenters. The fraction of sp³-hybridized carbons (Fsp3) is 0.562. The molecule has 1 aliphatic rings. The molecular formula is C16H24N2O2. The van der Waals surface area contributed by atoms with Gasteiger partial charge in [0.05, 0.1) is 0 Å². The van der Waals surface area contributed by atoms with Gasteiger partial charge in [0.15, 0.2) is 0 Å². The normalized spacial score (nSPS) is 15.4. The van der Waals surface area contributed by atoms with E-state index in [1.165, 1.54) is 24.0 Å². The quantitative estimate of drug-likeness (QED) is 0.798. The lowest BCUT2D eigenvalue weighted by Crippen LogP contribution is -2.45. The number of carbonyl (C=O) groups excluding carboxylic acids is 1. The minimum atomic E-state index is -0.425. The summed E-state index contributed by atoms with van der Waals surface area (Å²) in [6.45, 7) is 3.10. The molecular weight excluding hydrogens is 252 g/mol. The van der Waals surface area contributed by atoms with Crippen LogP contribution < -0.4 is 15.8 Å². The van der Waals surface area contributed by atoms with Crippen molar-refractivity contribution in [3.8, 4) is 5.75 Å². The van der Waals surface area contributed by atoms with Crippen molar-refractivity contribution >= 4 is 5.91 Å². The Labute approximate surface area is 120 Å². The number of amides is 1. The Balaban J connectivity index is 1.93. The predicted octanol–water partition coefficient (Wildman–Crippen LogP) is 1.80. The van der Waals surface area contributed by atoms with Gasteiger partial charge < -0.3 is 15.8 Å². The number of aryl methyl sites for hydroxylation is 2. The number of ether oxygens (including phenoxy) is 1. The van der Waals surface area contributed by atoms with Crippen LogP contribution in [-0.2, 0) is 17.6 Å². The van der Waals surface area contributed by atoms with Crippen LogP contribution >= 0.6 is 0 Å². The van der Waals surface area contributed by atoms with Crippen LogP contribution in [0, 0.1) is 0 Å². The highest BCUT2D eigenvalue weighted by molar-refractivity contribution is 5.80. The number of primary amides is 1. The lowest BCUT2D eigenvalue weighted by molar-refractivity contribution is -0.120. The zero-order valence-electron chi connectivity index (χ0n) is 12.2. The summed E-state index contributed by atoms with van der Waals surface area (Å²) in [5.41, 5.74) is 8.18. The van der Waals surface area contributed by atoms with E-state index in [1.807, 2.05) is 6.07 Å². The molecule has 0 fully saturated rings. The summed E-state index contributed by atoms with van der Waals surface area (Å²) in [6, 6.07) is 5.81. The summed E-state index contributed by atoms with van der Waals surface area (Å²) in [4.78, 5) is 11.3. The molecule has 2 rings (SSSR count). The molecule has 20 heavy (non-hydrogen) atoms. The summed E-state index contributed by atoms with van der Waals surface area (Å²) < 4.78 is 5.73. The van der Waals surface area contributed by atoms with E-state index >= 15 is 0 Å². The number of hydrogen-bond donors (Lipinski definition) is 2. The van der Waals surface area contributed by atoms with Gasteiger partial charge in [0.1, 0.15) is 18.4 Å². The summed E-state index contributed by atoms with van der Waals surface area (Å²) in [5.74, 6) is 0.464. The number of benzene rings is 1. The first-order valence-corrected chi connectivity index (χ1v) is 7.48. The molecule has 1 aromatic rings. The number of rotatable bonds is 7. The van der Waals surface area contributed by atoms with Crippen LogP contribution in [0.25, 0.3) is 0 Å². The average Bonchev–Trinajstić information content (AvgIpc) is 2.46. The van der Waals surface area contributed by atoms with Gasteiger partial charge in [0.2, 0.25) is 5.91 Å². The van der Waals surface area contributed by atoms with E-state index in [0.717, 1.165) is 31.6 Å². The maximum Gasteiger partial charge on any atom is 0.238 e. The molecule has 0 spiro atoms. The van der Waals surface area contributed by atoms with E-state index in [9.17, 15) is 4.79 Å². The minimum absolute atomic E-state index is 0.286. The minimum Gasteiger partial charge on any atom is -0.491 e. The second-order valence-electron chi connectivity index (χ2n) is 5.36. The Morgan fingerprint density at radius 2 is 2.10 bits per heavy atom. The molecule has 0 saturated heterocycles. The van der Waals surface area contributed by atoms with Gasteiger partial charge in [-0.3, -0.25) is 4.79 Å². The van der Waals surface area contributed by atoms with Crippen molar-refractivity contribution < 1.29 is 9.53 Å². The third-order valence-corrected chi connectivity index (χ3v) is 3.72. The largest absolute Gasteiger partial charge is 0.491 e. The smallest absolute Gasteiger partial charge is 0.238 e. The van der Waals surface area contributed by atoms with E-state index in [-0.39, 0.29) is 12.5 Å². The first kappa shape index (κ1) is 14.9. The van der Waals surface area contributed by atoms with Crippen molar-refractivity contribution in [2.45, 2.75) is 45.1 Å². The zero-order valence-corrected chi connectivity index (χ0v) is 12.2. The van der Waals surface area contributed by atoms with E-state index in [1.54, 1.807) is 0 Å². The maximum absolute atomic E-state index is 11.3. The van der Waals surface area contributed by atoms with E-state index in [2.05, 4.69) is 24.4 Å². The maximum atomic E-state index is 11.3. The Hall–Kier alpha value is -1.55. The van der Waals surface area contributed by atoms with Crippen molar-refractivity contribution in [3.05, 3.63) is 29.3 Å². The van der Waals surface area contributed by atoms with Crippen LogP contribution in [0.4, 0.5) is 0 Å². The summed E-state index contributed by atoms with van der Waals surface area (Å²) in [5, 5.41) is 3.10. The SMILES string of the molecule is CCCNC(COc1ccc2c(c1)CCCC2)C(N)=O. The van der Waals surface area contributed by atoms with Gasteiger partial charge in [-0.15, -0.1) is 0 Å². The van der Waals surface area contributed by atoms with Crippen molar-refractivity contribution in [2.75, 3.05) is 13.2 Å². The Morgan fingerprint density at radius 3 is 2.80 bits per heavy atom. The van der Waals surface area contributed by atoms with Crippen LogP contribution in [-0.4, -0.2) is 25.1 Å². The highest BCUT2D eigenvalue weighted by Gasteiger charge is 2.16. The molecule has 1 atom stereocenters. The predicted molar refractivity (Wildman–Crippen MR) is 79.9 cm³/mol. The molecule has 1 amide bonds. The number of nitrogens with two attached hydrogens (primary N) is 1. The highest BCUT2D eigenvalue weighted by Crippen LogP contribution is 2.25. The molecule has 1 aliphatic carbocycles. The van der Waals surface area contributed by atoms with E-state index < -0.39 is 6.04 Å². The molecule has 4 heteroatoms. The standard InChI is InChI=1S/C16H24N2O2/c1-2-9-18-15(16(17)19)11-20-14-8-7-12-5-3-4-6-13(12)10-14/h7-8,10,15,18H,2-6,9,11H2,1H3,(H2,17,19). The van der Waals surface area contributed by atoms with Crippen LogP contribution in [0.5, 0.6) is 5.75 Å². The average molecular weight is 276 g/mol. The Morgan fingerprint density at radius 1 is 1.35 bits per heavy atom. The third kappa shape index (κ3) is 3.97. The molecule has 0 radical (unpaired) electrons. The monoisotopic (exact) mass is 276 g/mol. The first-order valence-electron chi connectivity index (χ1n) is 7.48. The van der Waals surface area contributed by atoms with Crippen LogP contribution in [0.3, 0.4) is 0 Å². The van der Waals surface area contributed by atoms with Gasteiger partial charge in [-0.1, -0.05) is 13.0 Å². The Kier molecular flexibility index (Phi) is 5.41. The van der Waals surface area contributed by atoms with Crippen LogP contribution in [0.15, 0.2) is 18.2 Å². The van der Waals surface area contributed by atoms with Gasteiger partial charge >= 0.3 is 0 Å². The zero-order chi connectivity index (χ0) is 14.4. The summed E-state index contributed by atoms with van der Waals surface area (Å²) >= 11 is 0. The molecule has 0 aromatic heterocycles.